The highest BCUT2D eigenvalue weighted by Gasteiger charge is 2.36. The summed E-state index contributed by atoms with van der Waals surface area (Å²) in [5.41, 5.74) is 13.1. The first-order chi connectivity index (χ1) is 18.6. The molecule has 10 rings (SSSR count). The summed E-state index contributed by atoms with van der Waals surface area (Å²) in [4.78, 5) is 10.4. The molecule has 0 saturated carbocycles. The molecule has 1 aliphatic carbocycles. The highest BCUT2D eigenvalue weighted by atomic mass is 15.3. The molecule has 0 aliphatic heterocycles. The van der Waals surface area contributed by atoms with Crippen LogP contribution in [0.4, 0.5) is 0 Å². The molecule has 178 valence electrons. The van der Waals surface area contributed by atoms with Crippen LogP contribution in [0.25, 0.3) is 72.1 Å². The third-order valence-corrected chi connectivity index (χ3v) is 8.96. The Kier molecular flexibility index (Phi) is 3.02. The van der Waals surface area contributed by atoms with Crippen molar-refractivity contribution in [3.05, 3.63) is 102 Å². The summed E-state index contributed by atoms with van der Waals surface area (Å²) in [6, 6.07) is 32.9. The van der Waals surface area contributed by atoms with E-state index in [4.69, 9.17) is 9.97 Å². The van der Waals surface area contributed by atoms with Gasteiger partial charge in [-0.15, -0.1) is 0 Å². The molecule has 0 fully saturated rings. The van der Waals surface area contributed by atoms with Crippen molar-refractivity contribution in [2.24, 2.45) is 0 Å². The number of rotatable bonds is 0. The third kappa shape index (κ3) is 1.95. The second kappa shape index (κ2) is 5.97. The Hall–Kier alpha value is -4.90. The zero-order valence-corrected chi connectivity index (χ0v) is 20.9. The van der Waals surface area contributed by atoms with E-state index in [1.165, 1.54) is 33.0 Å². The summed E-state index contributed by atoms with van der Waals surface area (Å²) in [5, 5.41) is 2.44. The predicted molar refractivity (Wildman–Crippen MR) is 154 cm³/mol. The van der Waals surface area contributed by atoms with Crippen molar-refractivity contribution in [1.29, 1.82) is 0 Å². The monoisotopic (exact) mass is 487 g/mol. The number of imidazole rings is 4. The van der Waals surface area contributed by atoms with Gasteiger partial charge in [0, 0.05) is 10.8 Å². The highest BCUT2D eigenvalue weighted by molar-refractivity contribution is 6.10. The Balaban J connectivity index is 1.41. The van der Waals surface area contributed by atoms with Gasteiger partial charge in [0.1, 0.15) is 5.52 Å². The van der Waals surface area contributed by atoms with E-state index in [0.29, 0.717) is 0 Å². The molecule has 0 unspecified atom stereocenters. The molecule has 1 aliphatic rings. The Morgan fingerprint density at radius 1 is 0.553 bits per heavy atom. The van der Waals surface area contributed by atoms with Gasteiger partial charge in [-0.25, -0.2) is 14.4 Å². The van der Waals surface area contributed by atoms with Gasteiger partial charge in [-0.3, -0.25) is 8.80 Å². The lowest BCUT2D eigenvalue weighted by molar-refractivity contribution is 0.661. The zero-order chi connectivity index (χ0) is 24.9. The minimum Gasteiger partial charge on any atom is -0.276 e. The summed E-state index contributed by atoms with van der Waals surface area (Å²) in [7, 11) is 0. The largest absolute Gasteiger partial charge is 0.276 e. The van der Waals surface area contributed by atoms with Gasteiger partial charge in [0.2, 0.25) is 11.6 Å². The number of hydrogen-bond donors (Lipinski definition) is 0. The van der Waals surface area contributed by atoms with Crippen LogP contribution < -0.4 is 0 Å². The van der Waals surface area contributed by atoms with Crippen molar-refractivity contribution in [3.8, 4) is 11.1 Å². The quantitative estimate of drug-likeness (QED) is 0.221. The average molecular weight is 488 g/mol. The lowest BCUT2D eigenvalue weighted by atomic mass is 9.82. The molecule has 9 aromatic rings. The van der Waals surface area contributed by atoms with Gasteiger partial charge in [-0.2, -0.15) is 0 Å². The fourth-order valence-corrected chi connectivity index (χ4v) is 7.25. The summed E-state index contributed by atoms with van der Waals surface area (Å²) in [5.74, 6) is 1.82. The molecule has 5 aromatic carbocycles. The fourth-order valence-electron chi connectivity index (χ4n) is 7.25. The molecule has 0 radical (unpaired) electrons. The van der Waals surface area contributed by atoms with Crippen molar-refractivity contribution in [3.63, 3.8) is 0 Å². The molecule has 0 N–H and O–H groups in total. The Morgan fingerprint density at radius 2 is 1.32 bits per heavy atom. The lowest BCUT2D eigenvalue weighted by Gasteiger charge is -2.21. The van der Waals surface area contributed by atoms with Gasteiger partial charge in [0.05, 0.1) is 33.1 Å². The highest BCUT2D eigenvalue weighted by Crippen LogP contribution is 2.50. The SMILES string of the molecule is CC1(C)c2ccccc2-c2cc3c(cc21)nc1n3c2cccc3c2n1c1nc2ccc4ccccc4c2n31. The first kappa shape index (κ1) is 19.2. The maximum Gasteiger partial charge on any atom is 0.223 e. The van der Waals surface area contributed by atoms with Crippen LogP contribution in [-0.2, 0) is 5.41 Å². The minimum atomic E-state index is -0.0536. The molecule has 0 spiro atoms. The van der Waals surface area contributed by atoms with Crippen LogP contribution in [0.15, 0.2) is 91.0 Å². The predicted octanol–water partition coefficient (Wildman–Crippen LogP) is 7.59. The van der Waals surface area contributed by atoms with Gasteiger partial charge >= 0.3 is 0 Å². The van der Waals surface area contributed by atoms with Gasteiger partial charge in [-0.05, 0) is 58.0 Å². The van der Waals surface area contributed by atoms with Crippen molar-refractivity contribution in [1.82, 2.24) is 23.2 Å². The molecule has 0 bridgehead atoms. The van der Waals surface area contributed by atoms with E-state index in [1.807, 2.05) is 0 Å². The maximum atomic E-state index is 5.27. The van der Waals surface area contributed by atoms with Crippen LogP contribution in [0.2, 0.25) is 0 Å². The minimum absolute atomic E-state index is 0.0536. The van der Waals surface area contributed by atoms with Crippen LogP contribution >= 0.6 is 0 Å². The number of fused-ring (bicyclic) bond motifs is 15. The van der Waals surface area contributed by atoms with E-state index in [1.54, 1.807) is 0 Å². The summed E-state index contributed by atoms with van der Waals surface area (Å²) >= 11 is 0. The molecule has 0 saturated heterocycles. The van der Waals surface area contributed by atoms with Crippen LogP contribution in [0.5, 0.6) is 0 Å². The third-order valence-electron chi connectivity index (χ3n) is 8.96. The van der Waals surface area contributed by atoms with E-state index in [9.17, 15) is 0 Å². The topological polar surface area (TPSA) is 39.0 Å². The Bertz CT molecular complexity index is 2480. The van der Waals surface area contributed by atoms with Crippen LogP contribution in [-0.4, -0.2) is 23.2 Å². The zero-order valence-electron chi connectivity index (χ0n) is 20.9. The number of nitrogens with zero attached hydrogens (tertiary/aromatic N) is 5. The molecular weight excluding hydrogens is 466 g/mol. The lowest BCUT2D eigenvalue weighted by Crippen LogP contribution is -2.14. The molecule has 5 heteroatoms. The Labute approximate surface area is 216 Å². The van der Waals surface area contributed by atoms with E-state index >= 15 is 0 Å². The van der Waals surface area contributed by atoms with Gasteiger partial charge in [0.25, 0.3) is 0 Å². The van der Waals surface area contributed by atoms with Crippen molar-refractivity contribution >= 4 is 60.9 Å². The molecule has 4 aromatic heterocycles. The second-order valence-electron chi connectivity index (χ2n) is 11.2. The van der Waals surface area contributed by atoms with Crippen LogP contribution in [0.1, 0.15) is 25.0 Å². The van der Waals surface area contributed by atoms with Gasteiger partial charge in [0.15, 0.2) is 0 Å². The van der Waals surface area contributed by atoms with E-state index in [-0.39, 0.29) is 5.41 Å². The molecular formula is C33H21N5. The van der Waals surface area contributed by atoms with Crippen LogP contribution in [0, 0.1) is 0 Å². The normalized spacial score (nSPS) is 14.8. The number of para-hydroxylation sites is 1. The smallest absolute Gasteiger partial charge is 0.223 e. The van der Waals surface area contributed by atoms with Crippen molar-refractivity contribution < 1.29 is 0 Å². The summed E-state index contributed by atoms with van der Waals surface area (Å²) in [6.07, 6.45) is 0. The van der Waals surface area contributed by atoms with Crippen molar-refractivity contribution in [2.75, 3.05) is 0 Å². The van der Waals surface area contributed by atoms with Gasteiger partial charge < -0.3 is 0 Å². The maximum absolute atomic E-state index is 5.27. The fraction of sp³-hybridized carbons (Fsp3) is 0.0909. The van der Waals surface area contributed by atoms with Crippen LogP contribution in [0.3, 0.4) is 0 Å². The Morgan fingerprint density at radius 3 is 2.24 bits per heavy atom. The average Bonchev–Trinajstić information content (AvgIpc) is 3.70. The van der Waals surface area contributed by atoms with E-state index in [0.717, 1.165) is 50.2 Å². The number of benzene rings is 5. The first-order valence-corrected chi connectivity index (χ1v) is 13.1. The molecule has 0 atom stereocenters. The van der Waals surface area contributed by atoms with Crippen molar-refractivity contribution in [2.45, 2.75) is 19.3 Å². The van der Waals surface area contributed by atoms with E-state index in [2.05, 4.69) is 118 Å². The standard InChI is InChI=1S/C33H21N5/c1-33(2)22-11-6-5-10-20(22)21-16-28-25(17-23(21)33)35-31-36(28)26-12-7-13-27-30(26)38(31)32-34-24-15-14-18-8-3-4-9-19(18)29(24)37(27)32/h3-17H,1-2H3. The summed E-state index contributed by atoms with van der Waals surface area (Å²) in [6.45, 7) is 4.64. The van der Waals surface area contributed by atoms with E-state index < -0.39 is 0 Å². The molecule has 4 heterocycles. The molecule has 0 amide bonds. The molecule has 38 heavy (non-hydrogen) atoms. The van der Waals surface area contributed by atoms with Gasteiger partial charge in [-0.1, -0.05) is 74.5 Å². The number of hydrogen-bond acceptors (Lipinski definition) is 2. The number of aromatic nitrogens is 5. The first-order valence-electron chi connectivity index (χ1n) is 13.1. The molecule has 5 nitrogen and oxygen atoms in total. The second-order valence-corrected chi connectivity index (χ2v) is 11.2. The summed E-state index contributed by atoms with van der Waals surface area (Å²) < 4.78 is 6.89.